The van der Waals surface area contributed by atoms with Crippen LogP contribution in [0.25, 0.3) is 0 Å². The van der Waals surface area contributed by atoms with Crippen molar-refractivity contribution >= 4 is 21.4 Å². The molecule has 0 fully saturated rings. The van der Waals surface area contributed by atoms with Gasteiger partial charge in [0.05, 0.1) is 0 Å². The zero-order valence-electron chi connectivity index (χ0n) is 22.8. The van der Waals surface area contributed by atoms with Gasteiger partial charge >= 0.3 is 192 Å². The van der Waals surface area contributed by atoms with E-state index in [2.05, 4.69) is 83.1 Å². The molecule has 29 heavy (non-hydrogen) atoms. The van der Waals surface area contributed by atoms with Crippen molar-refractivity contribution in [1.29, 1.82) is 0 Å². The van der Waals surface area contributed by atoms with Crippen molar-refractivity contribution in [2.24, 2.45) is 0 Å². The van der Waals surface area contributed by atoms with Crippen molar-refractivity contribution < 1.29 is 14.0 Å². The van der Waals surface area contributed by atoms with Gasteiger partial charge in [0.1, 0.15) is 0 Å². The van der Waals surface area contributed by atoms with Crippen molar-refractivity contribution in [1.82, 2.24) is 0 Å². The maximum absolute atomic E-state index is 2.71. The predicted octanol–water partition coefficient (Wildman–Crippen LogP) is 9.04. The quantitative estimate of drug-likeness (QED) is 0.144. The summed E-state index contributed by atoms with van der Waals surface area (Å²) in [5.74, 6) is 0. The van der Waals surface area contributed by atoms with Crippen LogP contribution >= 0.6 is 21.4 Å². The van der Waals surface area contributed by atoms with Gasteiger partial charge in [0.15, 0.2) is 0 Å². The van der Waals surface area contributed by atoms with Gasteiger partial charge in [-0.25, -0.2) is 0 Å². The number of rotatable bonds is 16. The first-order valence-corrected chi connectivity index (χ1v) is 36.7. The molecule has 0 aliphatic heterocycles. The summed E-state index contributed by atoms with van der Waals surface area (Å²) < 4.78 is 0. The van der Waals surface area contributed by atoms with Crippen LogP contribution in [0, 0.1) is 0 Å². The van der Waals surface area contributed by atoms with Crippen LogP contribution in [0.15, 0.2) is 0 Å². The van der Waals surface area contributed by atoms with Crippen LogP contribution in [0.4, 0.5) is 0 Å². The molecule has 0 heterocycles. The van der Waals surface area contributed by atoms with Crippen molar-refractivity contribution in [2.75, 3.05) is 73.9 Å². The van der Waals surface area contributed by atoms with Gasteiger partial charge in [-0.1, -0.05) is 0 Å². The first-order chi connectivity index (χ1) is 13.7. The molecule has 0 bridgehead atoms. The van der Waals surface area contributed by atoms with Gasteiger partial charge in [-0.15, -0.1) is 0 Å². The zero-order chi connectivity index (χ0) is 23.0. The van der Waals surface area contributed by atoms with E-state index in [1.54, 1.807) is 73.9 Å². The molecule has 0 rings (SSSR count). The second kappa shape index (κ2) is 13.3. The first kappa shape index (κ1) is 31.4. The molecule has 0 atom stereocenters. The number of hydrogen-bond acceptors (Lipinski definition) is 0. The molecule has 0 aliphatic carbocycles. The van der Waals surface area contributed by atoms with Crippen LogP contribution in [0.1, 0.15) is 83.1 Å². The van der Waals surface area contributed by atoms with E-state index in [-0.39, 0.29) is 0 Å². The SMILES string of the molecule is CC[PH](CC)(CC)[Pt]([PH](CC)(CC)CC)([PH](CC)(CC)CC)[PH](CC)(CC)CC. The molecule has 0 unspecified atom stereocenters. The molecule has 0 nitrogen and oxygen atoms in total. The molecule has 0 saturated carbocycles. The maximum atomic E-state index is 2.71. The van der Waals surface area contributed by atoms with E-state index in [1.165, 1.54) is 0 Å². The van der Waals surface area contributed by atoms with Crippen molar-refractivity contribution in [2.45, 2.75) is 83.1 Å². The molecule has 0 spiro atoms. The Kier molecular flexibility index (Phi) is 14.4. The van der Waals surface area contributed by atoms with E-state index in [1.807, 2.05) is 0 Å². The van der Waals surface area contributed by atoms with E-state index in [4.69, 9.17) is 0 Å². The van der Waals surface area contributed by atoms with Gasteiger partial charge in [-0.3, -0.25) is 0 Å². The average molecular weight is 672 g/mol. The van der Waals surface area contributed by atoms with Gasteiger partial charge in [0, 0.05) is 0 Å². The van der Waals surface area contributed by atoms with Gasteiger partial charge in [0.2, 0.25) is 0 Å². The molecule has 0 N–H and O–H groups in total. The minimum atomic E-state index is -2.04. The van der Waals surface area contributed by atoms with Crippen molar-refractivity contribution in [3.8, 4) is 0 Å². The topological polar surface area (TPSA) is 0 Å². The fourth-order valence-corrected chi connectivity index (χ4v) is 315. The molecule has 5 heteroatoms. The van der Waals surface area contributed by atoms with Gasteiger partial charge in [-0.2, -0.15) is 0 Å². The summed E-state index contributed by atoms with van der Waals surface area (Å²) >= 11 is -2.04. The van der Waals surface area contributed by atoms with Crippen LogP contribution in [-0.4, -0.2) is 73.9 Å². The van der Waals surface area contributed by atoms with Crippen LogP contribution in [0.3, 0.4) is 0 Å². The monoisotopic (exact) mass is 671 g/mol. The Hall–Kier alpha value is 2.41. The van der Waals surface area contributed by atoms with E-state index < -0.39 is 35.4 Å². The molecule has 0 aliphatic rings. The summed E-state index contributed by atoms with van der Waals surface area (Å²) in [5, 5.41) is -4.91. The molecular weight excluding hydrogens is 607 g/mol. The third kappa shape index (κ3) is 4.43. The van der Waals surface area contributed by atoms with Crippen LogP contribution in [0.2, 0.25) is 0 Å². The Morgan fingerprint density at radius 1 is 0.276 bits per heavy atom. The summed E-state index contributed by atoms with van der Waals surface area (Å²) in [6.07, 6.45) is 19.8. The van der Waals surface area contributed by atoms with E-state index in [0.29, 0.717) is 0 Å². The molecular formula is C24H64P4Pt. The molecule has 0 aromatic rings. The second-order valence-corrected chi connectivity index (χ2v) is 89.6. The minimum absolute atomic E-state index is 1.23. The molecule has 0 amide bonds. The van der Waals surface area contributed by atoms with Crippen molar-refractivity contribution in [3.63, 3.8) is 0 Å². The Morgan fingerprint density at radius 2 is 0.379 bits per heavy atom. The summed E-state index contributed by atoms with van der Waals surface area (Å²) in [5.41, 5.74) is 0. The Morgan fingerprint density at radius 3 is 0.448 bits per heavy atom. The molecule has 190 valence electrons. The fraction of sp³-hybridized carbons (Fsp3) is 1.00. The first-order valence-electron chi connectivity index (χ1n) is 13.4. The summed E-state index contributed by atoms with van der Waals surface area (Å²) in [7, 11) is 0. The third-order valence-corrected chi connectivity index (χ3v) is 199. The van der Waals surface area contributed by atoms with Crippen LogP contribution in [-0.2, 0) is 14.0 Å². The molecule has 0 aromatic carbocycles. The average Bonchev–Trinajstić information content (AvgIpc) is 2.79. The van der Waals surface area contributed by atoms with Crippen LogP contribution in [0.5, 0.6) is 0 Å². The summed E-state index contributed by atoms with van der Waals surface area (Å²) in [6, 6.07) is 0. The summed E-state index contributed by atoms with van der Waals surface area (Å²) in [6.45, 7) is 32.5. The molecule has 0 aromatic heterocycles. The van der Waals surface area contributed by atoms with E-state index in [9.17, 15) is 0 Å². The van der Waals surface area contributed by atoms with E-state index >= 15 is 0 Å². The van der Waals surface area contributed by atoms with Gasteiger partial charge in [0.25, 0.3) is 0 Å². The number of hydrogen-bond donors (Lipinski definition) is 0. The van der Waals surface area contributed by atoms with Gasteiger partial charge in [-0.05, 0) is 0 Å². The van der Waals surface area contributed by atoms with Gasteiger partial charge < -0.3 is 0 Å². The standard InChI is InChI=1S/4C6H15P.Pt/c4*1-4-7(5-2)6-3;/h4*4-6H2,1-3H3;/q;;;;-4/p+4. The Labute approximate surface area is 191 Å². The predicted molar refractivity (Wildman–Crippen MR) is 160 cm³/mol. The molecule has 0 radical (unpaired) electrons. The van der Waals surface area contributed by atoms with E-state index in [0.717, 1.165) is 0 Å². The second-order valence-electron chi connectivity index (χ2n) is 9.06. The fourth-order valence-electron chi connectivity index (χ4n) is 7.15. The Bertz CT molecular complexity index is 331. The third-order valence-electron chi connectivity index (χ3n) is 9.35. The van der Waals surface area contributed by atoms with Crippen LogP contribution < -0.4 is 0 Å². The van der Waals surface area contributed by atoms with Crippen molar-refractivity contribution in [3.05, 3.63) is 0 Å². The normalized spacial score (nSPS) is 19.4. The Balaban J connectivity index is 8.16. The zero-order valence-corrected chi connectivity index (χ0v) is 29.1. The molecule has 0 saturated heterocycles. The summed E-state index contributed by atoms with van der Waals surface area (Å²) in [4.78, 5) is 0.